The zero-order chi connectivity index (χ0) is 42.2. The number of carbonyl (C=O) groups excluding carboxylic acids is 2. The summed E-state index contributed by atoms with van der Waals surface area (Å²) in [6, 6.07) is 44.5. The third kappa shape index (κ3) is 7.76. The van der Waals surface area contributed by atoms with Gasteiger partial charge in [-0.2, -0.15) is 0 Å². The van der Waals surface area contributed by atoms with Gasteiger partial charge in [-0.05, 0) is 124 Å². The molecule has 9 heteroatoms. The van der Waals surface area contributed by atoms with Crippen LogP contribution in [0.1, 0.15) is 62.3 Å². The van der Waals surface area contributed by atoms with Gasteiger partial charge in [0.25, 0.3) is 8.32 Å². The van der Waals surface area contributed by atoms with Crippen LogP contribution < -0.4 is 15.3 Å². The van der Waals surface area contributed by atoms with E-state index in [1.807, 2.05) is 86.6 Å². The van der Waals surface area contributed by atoms with Crippen LogP contribution in [0.15, 0.2) is 145 Å². The van der Waals surface area contributed by atoms with Crippen molar-refractivity contribution in [1.82, 2.24) is 0 Å². The summed E-state index contributed by atoms with van der Waals surface area (Å²) in [5, 5.41) is 24.1. The van der Waals surface area contributed by atoms with Crippen molar-refractivity contribution in [3.8, 4) is 5.75 Å². The van der Waals surface area contributed by atoms with Gasteiger partial charge in [0.1, 0.15) is 5.75 Å². The van der Waals surface area contributed by atoms with E-state index in [0.29, 0.717) is 30.7 Å². The van der Waals surface area contributed by atoms with Crippen molar-refractivity contribution >= 4 is 55.0 Å². The molecule has 3 aliphatic rings. The topological polar surface area (TPSA) is 96.3 Å². The Labute approximate surface area is 355 Å². The third-order valence-corrected chi connectivity index (χ3v) is 17.9. The fourth-order valence-electron chi connectivity index (χ4n) is 10.2. The molecular weight excluding hydrogens is 761 g/mol. The lowest BCUT2D eigenvalue weighted by Crippen LogP contribution is -2.66. The number of imide groups is 1. The monoisotopic (exact) mass is 815 g/mol. The first kappa shape index (κ1) is 41.4. The van der Waals surface area contributed by atoms with Crippen molar-refractivity contribution in [1.29, 1.82) is 0 Å². The van der Waals surface area contributed by atoms with Gasteiger partial charge in [0.05, 0.1) is 30.2 Å². The lowest BCUT2D eigenvalue weighted by Gasteiger charge is -2.46. The number of nitrogens with zero attached hydrogens (tertiary/aromatic N) is 1. The zero-order valence-electron chi connectivity index (χ0n) is 35.2. The number of anilines is 1. The summed E-state index contributed by atoms with van der Waals surface area (Å²) >= 11 is 0. The number of benzene rings is 5. The average Bonchev–Trinajstić information content (AvgIpc) is 3.50. The number of phenolic OH excluding ortho intramolecular Hbond substituents is 1. The van der Waals surface area contributed by atoms with Crippen LogP contribution in [0.25, 0.3) is 11.6 Å². The number of rotatable bonds is 11. The standard InChI is InChI=1S/C51H54BNO6Si/c1-34-28-36(29-35(2)48(34)54)30-38(37-18-10-6-11-19-37)26-27-45-46-39(33-58-60(51(3,4)5,41-22-14-8-15-23-41)42-24-16-9-17-25-42)31-43-47(44(46)32-52(57)59-45)50(56)53(49(43)55)40-20-12-7-13-21-40/h6-25,28-30,43-45,47,54,57H,26-27,31-33H2,1-5H3/b38-30-/t43-,44+,45-,47-/m1/s1. The minimum absolute atomic E-state index is 0.204. The number of aryl methyl sites for hydroxylation is 2. The Bertz CT molecular complexity index is 2350. The van der Waals surface area contributed by atoms with Crippen LogP contribution in [-0.2, 0) is 18.7 Å². The summed E-state index contributed by atoms with van der Waals surface area (Å²) in [4.78, 5) is 30.4. The Morgan fingerprint density at radius 2 is 1.37 bits per heavy atom. The maximum absolute atomic E-state index is 14.6. The molecule has 5 aromatic rings. The summed E-state index contributed by atoms with van der Waals surface area (Å²) in [6.45, 7) is 10.8. The molecule has 2 aliphatic heterocycles. The molecule has 60 heavy (non-hydrogen) atoms. The van der Waals surface area contributed by atoms with Gasteiger partial charge in [0, 0.05) is 0 Å². The Hall–Kier alpha value is -5.32. The lowest BCUT2D eigenvalue weighted by molar-refractivity contribution is -0.122. The van der Waals surface area contributed by atoms with Crippen molar-refractivity contribution < 1.29 is 28.8 Å². The molecule has 0 bridgehead atoms. The second kappa shape index (κ2) is 17.0. The Morgan fingerprint density at radius 1 is 0.817 bits per heavy atom. The predicted molar refractivity (Wildman–Crippen MR) is 243 cm³/mol. The molecule has 4 atom stereocenters. The predicted octanol–water partition coefficient (Wildman–Crippen LogP) is 8.91. The van der Waals surface area contributed by atoms with Crippen LogP contribution in [0.3, 0.4) is 0 Å². The number of aromatic hydroxyl groups is 1. The van der Waals surface area contributed by atoms with Crippen molar-refractivity contribution in [2.75, 3.05) is 11.5 Å². The highest BCUT2D eigenvalue weighted by Crippen LogP contribution is 2.52. The molecule has 2 amide bonds. The first-order valence-corrected chi connectivity index (χ1v) is 23.1. The van der Waals surface area contributed by atoms with E-state index in [4.69, 9.17) is 9.08 Å². The summed E-state index contributed by atoms with van der Waals surface area (Å²) in [6.07, 6.45) is 3.36. The maximum Gasteiger partial charge on any atom is 0.455 e. The zero-order valence-corrected chi connectivity index (χ0v) is 36.2. The van der Waals surface area contributed by atoms with E-state index < -0.39 is 39.3 Å². The van der Waals surface area contributed by atoms with Gasteiger partial charge in [0.2, 0.25) is 11.8 Å². The smallest absolute Gasteiger partial charge is 0.455 e. The van der Waals surface area contributed by atoms with Crippen LogP contribution in [0.4, 0.5) is 5.69 Å². The van der Waals surface area contributed by atoms with Crippen LogP contribution in [0.2, 0.25) is 11.4 Å². The van der Waals surface area contributed by atoms with Gasteiger partial charge in [-0.3, -0.25) is 14.5 Å². The first-order chi connectivity index (χ1) is 28.9. The largest absolute Gasteiger partial charge is 0.507 e. The number of hydrogen-bond acceptors (Lipinski definition) is 6. The fourth-order valence-corrected chi connectivity index (χ4v) is 14.7. The van der Waals surface area contributed by atoms with Crippen LogP contribution in [0.5, 0.6) is 5.75 Å². The molecule has 2 heterocycles. The highest BCUT2D eigenvalue weighted by atomic mass is 28.4. The molecule has 0 saturated carbocycles. The molecule has 0 radical (unpaired) electrons. The molecule has 1 aliphatic carbocycles. The molecule has 2 N–H and O–H groups in total. The molecule has 7 nitrogen and oxygen atoms in total. The number of hydrogen-bond donors (Lipinski definition) is 2. The molecule has 0 aromatic heterocycles. The highest BCUT2D eigenvalue weighted by Gasteiger charge is 2.58. The van der Waals surface area contributed by atoms with Crippen LogP contribution in [0, 0.1) is 31.6 Å². The normalized spacial score (nSPS) is 21.0. The molecule has 5 aromatic carbocycles. The van der Waals surface area contributed by atoms with E-state index in [-0.39, 0.29) is 29.8 Å². The van der Waals surface area contributed by atoms with Gasteiger partial charge in [-0.25, -0.2) is 0 Å². The number of amides is 2. The Balaban J connectivity index is 1.23. The molecule has 0 unspecified atom stereocenters. The number of phenols is 1. The third-order valence-electron chi connectivity index (χ3n) is 12.9. The number of carbonyl (C=O) groups is 2. The molecule has 306 valence electrons. The van der Waals surface area contributed by atoms with Gasteiger partial charge >= 0.3 is 7.12 Å². The molecule has 8 rings (SSSR count). The summed E-state index contributed by atoms with van der Waals surface area (Å²) in [5.74, 6) is -1.75. The van der Waals surface area contributed by atoms with Crippen LogP contribution >= 0.6 is 0 Å². The number of fused-ring (bicyclic) bond motifs is 3. The quantitative estimate of drug-likeness (QED) is 0.0599. The fraction of sp³-hybridized carbons (Fsp3) is 0.294. The first-order valence-electron chi connectivity index (χ1n) is 21.2. The highest BCUT2D eigenvalue weighted by molar-refractivity contribution is 6.99. The summed E-state index contributed by atoms with van der Waals surface area (Å²) < 4.78 is 14.1. The van der Waals surface area contributed by atoms with E-state index in [9.17, 15) is 19.7 Å². The van der Waals surface area contributed by atoms with Crippen LogP contribution in [-0.4, -0.2) is 50.1 Å². The van der Waals surface area contributed by atoms with Crippen molar-refractivity contribution in [2.24, 2.45) is 17.8 Å². The van der Waals surface area contributed by atoms with Crippen molar-refractivity contribution in [2.45, 2.75) is 71.3 Å². The van der Waals surface area contributed by atoms with E-state index in [2.05, 4.69) is 87.5 Å². The second-order valence-electron chi connectivity index (χ2n) is 17.7. The van der Waals surface area contributed by atoms with E-state index in [0.717, 1.165) is 49.3 Å². The number of allylic oxidation sites excluding steroid dienone is 1. The SMILES string of the molecule is Cc1cc(/C=C(/CC[C@H]2OB(O)C[C@H]3C2=C(CO[Si](c2ccccc2)(c2ccccc2)C(C)(C)C)C[C@H]2C(=O)N(c4ccccc4)C(=O)[C@H]23)c2ccccc2)cc(C)c1O. The van der Waals surface area contributed by atoms with Gasteiger partial charge in [-0.15, -0.1) is 0 Å². The molecular formula is C51H54BNO6Si. The van der Waals surface area contributed by atoms with Gasteiger partial charge in [0.15, 0.2) is 0 Å². The second-order valence-corrected chi connectivity index (χ2v) is 22.0. The molecule has 2 saturated heterocycles. The van der Waals surface area contributed by atoms with E-state index in [1.165, 1.54) is 4.90 Å². The minimum Gasteiger partial charge on any atom is -0.507 e. The summed E-state index contributed by atoms with van der Waals surface area (Å²) in [5.41, 5.74) is 7.29. The van der Waals surface area contributed by atoms with Crippen molar-refractivity contribution in [3.05, 3.63) is 167 Å². The number of para-hydroxylation sites is 1. The van der Waals surface area contributed by atoms with Gasteiger partial charge in [-0.1, -0.05) is 136 Å². The van der Waals surface area contributed by atoms with Gasteiger partial charge < -0.3 is 19.2 Å². The molecule has 2 fully saturated rings. The van der Waals surface area contributed by atoms with Crippen molar-refractivity contribution in [3.63, 3.8) is 0 Å². The maximum atomic E-state index is 14.6. The Morgan fingerprint density at radius 3 is 1.93 bits per heavy atom. The summed E-state index contributed by atoms with van der Waals surface area (Å²) in [7, 11) is -4.12. The lowest BCUT2D eigenvalue weighted by atomic mass is 9.58. The van der Waals surface area contributed by atoms with E-state index in [1.54, 1.807) is 0 Å². The van der Waals surface area contributed by atoms with E-state index >= 15 is 0 Å². The minimum atomic E-state index is -3.01. The Kier molecular flexibility index (Phi) is 11.7. The average molecular weight is 816 g/mol. The molecule has 0 spiro atoms.